The molecule has 4 rings (SSSR count). The monoisotopic (exact) mass is 521 g/mol. The molecular weight excluding hydrogens is 490 g/mol. The second-order valence-corrected chi connectivity index (χ2v) is 10.8. The number of nitrogens with zero attached hydrogens (tertiary/aromatic N) is 1. The zero-order valence-electron chi connectivity index (χ0n) is 20.4. The number of hydrogen-bond donors (Lipinski definition) is 0. The first-order valence-corrected chi connectivity index (χ1v) is 13.3. The summed E-state index contributed by atoms with van der Waals surface area (Å²) in [6.07, 6.45) is 5.16. The first kappa shape index (κ1) is 26.3. The molecule has 0 saturated heterocycles. The predicted molar refractivity (Wildman–Crippen MR) is 130 cm³/mol. The highest BCUT2D eigenvalue weighted by molar-refractivity contribution is 7.86. The lowest BCUT2D eigenvalue weighted by molar-refractivity contribution is -0.384. The fourth-order valence-corrected chi connectivity index (χ4v) is 5.88. The van der Waals surface area contributed by atoms with Gasteiger partial charge in [-0.25, -0.2) is 0 Å². The molecule has 0 amide bonds. The number of benzene rings is 2. The Labute approximate surface area is 210 Å². The highest BCUT2D eigenvalue weighted by atomic mass is 32.2. The van der Waals surface area contributed by atoms with Crippen LogP contribution in [0.15, 0.2) is 41.3 Å². The molecule has 1 spiro atoms. The molecule has 2 aromatic carbocycles. The average Bonchev–Trinajstić information content (AvgIpc) is 3.27. The molecule has 1 atom stereocenters. The van der Waals surface area contributed by atoms with Gasteiger partial charge < -0.3 is 18.9 Å². The Morgan fingerprint density at radius 1 is 1.06 bits per heavy atom. The van der Waals surface area contributed by atoms with Crippen molar-refractivity contribution in [2.45, 2.75) is 43.1 Å². The molecule has 11 heteroatoms. The minimum atomic E-state index is -4.06. The minimum absolute atomic E-state index is 0.0276. The smallest absolute Gasteiger partial charge is 0.297 e. The molecule has 1 unspecified atom stereocenters. The third kappa shape index (κ3) is 5.80. The summed E-state index contributed by atoms with van der Waals surface area (Å²) in [6.45, 7) is 0.680. The number of rotatable bonds is 10. The van der Waals surface area contributed by atoms with E-state index in [-0.39, 0.29) is 41.9 Å². The van der Waals surface area contributed by atoms with E-state index in [1.54, 1.807) is 14.2 Å². The van der Waals surface area contributed by atoms with Crippen LogP contribution in [0.3, 0.4) is 0 Å². The van der Waals surface area contributed by atoms with Gasteiger partial charge in [0, 0.05) is 12.1 Å². The molecule has 196 valence electrons. The van der Waals surface area contributed by atoms with Crippen LogP contribution in [-0.2, 0) is 30.2 Å². The maximum Gasteiger partial charge on any atom is 0.297 e. The van der Waals surface area contributed by atoms with Crippen LogP contribution in [-0.4, -0.2) is 54.0 Å². The fraction of sp³-hybridized carbons (Fsp3) is 0.520. The van der Waals surface area contributed by atoms with Crippen molar-refractivity contribution in [2.75, 3.05) is 40.6 Å². The number of ether oxygens (including phenoxy) is 4. The summed E-state index contributed by atoms with van der Waals surface area (Å²) < 4.78 is 52.9. The molecule has 1 heterocycles. The van der Waals surface area contributed by atoms with Gasteiger partial charge in [-0.15, -0.1) is 0 Å². The number of fused-ring (bicyclic) bond motifs is 1. The summed E-state index contributed by atoms with van der Waals surface area (Å²) >= 11 is 0. The topological polar surface area (TPSA) is 123 Å². The first-order valence-electron chi connectivity index (χ1n) is 11.8. The van der Waals surface area contributed by atoms with Crippen LogP contribution in [0.25, 0.3) is 0 Å². The van der Waals surface area contributed by atoms with Crippen LogP contribution in [0.1, 0.15) is 42.9 Å². The van der Waals surface area contributed by atoms with E-state index in [2.05, 4.69) is 0 Å². The van der Waals surface area contributed by atoms with Crippen LogP contribution in [0.2, 0.25) is 0 Å². The van der Waals surface area contributed by atoms with Gasteiger partial charge in [-0.05, 0) is 60.1 Å². The summed E-state index contributed by atoms with van der Waals surface area (Å²) in [5, 5.41) is 10.8. The Balaban J connectivity index is 1.39. The molecule has 0 radical (unpaired) electrons. The van der Waals surface area contributed by atoms with E-state index in [1.807, 2.05) is 12.1 Å². The average molecular weight is 522 g/mol. The van der Waals surface area contributed by atoms with Crippen molar-refractivity contribution < 1.29 is 36.5 Å². The number of non-ortho nitro benzene ring substituents is 1. The van der Waals surface area contributed by atoms with Crippen LogP contribution in [0.4, 0.5) is 5.69 Å². The standard InChI is InChI=1S/C25H31NO9S/c1-31-22-13-18-15-25(9-3-4-10-25)17-34-24(21(18)14-23(22)32-2)16-33-11-12-35-36(29,30)20-7-5-19(6-8-20)26(27)28/h5-8,13-14,24H,3-4,9-12,15-17H2,1-2H3. The molecule has 0 aromatic heterocycles. The van der Waals surface area contributed by atoms with Gasteiger partial charge in [0.25, 0.3) is 15.8 Å². The van der Waals surface area contributed by atoms with Crippen LogP contribution >= 0.6 is 0 Å². The molecule has 1 aliphatic heterocycles. The van der Waals surface area contributed by atoms with E-state index in [4.69, 9.17) is 23.1 Å². The van der Waals surface area contributed by atoms with Gasteiger partial charge in [0.15, 0.2) is 11.5 Å². The normalized spacial score (nSPS) is 19.0. The first-order chi connectivity index (χ1) is 17.3. The van der Waals surface area contributed by atoms with Gasteiger partial charge in [-0.1, -0.05) is 12.8 Å². The van der Waals surface area contributed by atoms with E-state index in [1.165, 1.54) is 12.8 Å². The number of methoxy groups -OCH3 is 2. The highest BCUT2D eigenvalue weighted by Crippen LogP contribution is 2.47. The quantitative estimate of drug-likeness (QED) is 0.196. The third-order valence-electron chi connectivity index (χ3n) is 6.88. The van der Waals surface area contributed by atoms with E-state index >= 15 is 0 Å². The van der Waals surface area contributed by atoms with E-state index < -0.39 is 15.0 Å². The second kappa shape index (κ2) is 11.1. The highest BCUT2D eigenvalue weighted by Gasteiger charge is 2.39. The lowest BCUT2D eigenvalue weighted by Gasteiger charge is -2.27. The zero-order chi connectivity index (χ0) is 25.8. The van der Waals surface area contributed by atoms with Crippen molar-refractivity contribution in [1.29, 1.82) is 0 Å². The summed E-state index contributed by atoms with van der Waals surface area (Å²) in [5.41, 5.74) is 2.04. The molecule has 10 nitrogen and oxygen atoms in total. The predicted octanol–water partition coefficient (Wildman–Crippen LogP) is 4.21. The number of hydrogen-bond acceptors (Lipinski definition) is 9. The van der Waals surface area contributed by atoms with Crippen molar-refractivity contribution in [3.05, 3.63) is 57.6 Å². The van der Waals surface area contributed by atoms with E-state index in [0.717, 1.165) is 54.7 Å². The maximum atomic E-state index is 12.4. The molecule has 1 saturated carbocycles. The van der Waals surface area contributed by atoms with E-state index in [9.17, 15) is 18.5 Å². The van der Waals surface area contributed by atoms with Gasteiger partial charge in [0.1, 0.15) is 6.10 Å². The zero-order valence-corrected chi connectivity index (χ0v) is 21.3. The number of nitro benzene ring substituents is 1. The minimum Gasteiger partial charge on any atom is -0.493 e. The molecule has 1 fully saturated rings. The van der Waals surface area contributed by atoms with Gasteiger partial charge in [-0.3, -0.25) is 14.3 Å². The Bertz CT molecular complexity index is 1170. The van der Waals surface area contributed by atoms with Crippen molar-refractivity contribution in [2.24, 2.45) is 5.41 Å². The molecule has 2 aliphatic rings. The Morgan fingerprint density at radius 2 is 1.72 bits per heavy atom. The molecule has 0 N–H and O–H groups in total. The maximum absolute atomic E-state index is 12.4. The number of nitro groups is 1. The van der Waals surface area contributed by atoms with Crippen molar-refractivity contribution in [1.82, 2.24) is 0 Å². The van der Waals surface area contributed by atoms with Gasteiger partial charge >= 0.3 is 0 Å². The molecular formula is C25H31NO9S. The molecule has 1 aliphatic carbocycles. The van der Waals surface area contributed by atoms with Crippen LogP contribution in [0.5, 0.6) is 11.5 Å². The summed E-state index contributed by atoms with van der Waals surface area (Å²) in [4.78, 5) is 10.0. The third-order valence-corrected chi connectivity index (χ3v) is 8.21. The molecule has 36 heavy (non-hydrogen) atoms. The Kier molecular flexibility index (Phi) is 8.13. The fourth-order valence-electron chi connectivity index (χ4n) is 4.99. The van der Waals surface area contributed by atoms with Gasteiger partial charge in [-0.2, -0.15) is 8.42 Å². The SMILES string of the molecule is COc1cc2c(cc1OC)C(COCCOS(=O)(=O)c1ccc([N+](=O)[O-])cc1)OCC1(CCCC1)C2. The summed E-state index contributed by atoms with van der Waals surface area (Å²) in [6, 6.07) is 8.49. The summed E-state index contributed by atoms with van der Waals surface area (Å²) in [5.74, 6) is 1.29. The van der Waals surface area contributed by atoms with Crippen molar-refractivity contribution >= 4 is 15.8 Å². The lowest BCUT2D eigenvalue weighted by atomic mass is 9.80. The van der Waals surface area contributed by atoms with Gasteiger partial charge in [0.05, 0.1) is 50.5 Å². The van der Waals surface area contributed by atoms with Crippen LogP contribution in [0, 0.1) is 15.5 Å². The second-order valence-electron chi connectivity index (χ2n) is 9.19. The van der Waals surface area contributed by atoms with Crippen molar-refractivity contribution in [3.63, 3.8) is 0 Å². The van der Waals surface area contributed by atoms with Gasteiger partial charge in [0.2, 0.25) is 0 Å². The Hall–Kier alpha value is -2.73. The van der Waals surface area contributed by atoms with Crippen LogP contribution < -0.4 is 9.47 Å². The van der Waals surface area contributed by atoms with Crippen molar-refractivity contribution in [3.8, 4) is 11.5 Å². The van der Waals surface area contributed by atoms with E-state index in [0.29, 0.717) is 18.1 Å². The molecule has 2 aromatic rings. The summed E-state index contributed by atoms with van der Waals surface area (Å²) in [7, 11) is -0.848. The largest absolute Gasteiger partial charge is 0.493 e. The molecule has 0 bridgehead atoms. The lowest BCUT2D eigenvalue weighted by Crippen LogP contribution is -2.25. The Morgan fingerprint density at radius 3 is 2.36 bits per heavy atom.